The van der Waals surface area contributed by atoms with Crippen molar-refractivity contribution in [2.75, 3.05) is 6.54 Å². The topological polar surface area (TPSA) is 42.3 Å². The third-order valence-corrected chi connectivity index (χ3v) is 4.49. The van der Waals surface area contributed by atoms with E-state index in [-0.39, 0.29) is 11.5 Å². The van der Waals surface area contributed by atoms with Crippen LogP contribution in [0.15, 0.2) is 29.2 Å². The summed E-state index contributed by atoms with van der Waals surface area (Å²) in [6.45, 7) is 5.82. The minimum atomic E-state index is -0.0368. The van der Waals surface area contributed by atoms with Crippen LogP contribution in [0.1, 0.15) is 52.4 Å². The summed E-state index contributed by atoms with van der Waals surface area (Å²) in [7, 11) is 0. The molecule has 1 amide bonds. The molecule has 0 aliphatic carbocycles. The van der Waals surface area contributed by atoms with Crippen LogP contribution in [0.25, 0.3) is 0 Å². The summed E-state index contributed by atoms with van der Waals surface area (Å²) in [5.41, 5.74) is -0.0368. The number of piperidine rings is 1. The van der Waals surface area contributed by atoms with Crippen LogP contribution in [0.2, 0.25) is 0 Å². The Morgan fingerprint density at radius 1 is 1.32 bits per heavy atom. The number of aromatic nitrogens is 1. The van der Waals surface area contributed by atoms with Gasteiger partial charge in [0.15, 0.2) is 0 Å². The van der Waals surface area contributed by atoms with E-state index in [9.17, 15) is 9.59 Å². The first-order valence-corrected chi connectivity index (χ1v) is 8.53. The summed E-state index contributed by atoms with van der Waals surface area (Å²) < 4.78 is 1.62. The van der Waals surface area contributed by atoms with Crippen LogP contribution >= 0.6 is 0 Å². The lowest BCUT2D eigenvalue weighted by molar-refractivity contribution is -0.135. The molecule has 0 bridgehead atoms. The Bertz CT molecular complexity index is 536. The lowest BCUT2D eigenvalue weighted by Crippen LogP contribution is -2.44. The number of carbonyl (C=O) groups is 1. The Labute approximate surface area is 133 Å². The average Bonchev–Trinajstić information content (AvgIpc) is 2.52. The fourth-order valence-electron chi connectivity index (χ4n) is 3.16. The Morgan fingerprint density at radius 2 is 2.14 bits per heavy atom. The van der Waals surface area contributed by atoms with E-state index >= 15 is 0 Å². The maximum atomic E-state index is 12.5. The average molecular weight is 304 g/mol. The van der Waals surface area contributed by atoms with Gasteiger partial charge in [-0.15, -0.1) is 0 Å². The first-order valence-electron chi connectivity index (χ1n) is 8.53. The van der Waals surface area contributed by atoms with Crippen molar-refractivity contribution in [1.29, 1.82) is 0 Å². The van der Waals surface area contributed by atoms with Gasteiger partial charge in [-0.05, 0) is 44.1 Å². The van der Waals surface area contributed by atoms with Crippen LogP contribution in [0.3, 0.4) is 0 Å². The highest BCUT2D eigenvalue weighted by atomic mass is 16.2. The fraction of sp³-hybridized carbons (Fsp3) is 0.667. The molecular weight excluding hydrogens is 276 g/mol. The van der Waals surface area contributed by atoms with E-state index in [0.29, 0.717) is 24.9 Å². The minimum Gasteiger partial charge on any atom is -0.340 e. The molecule has 122 valence electrons. The molecular formula is C18H28N2O2. The van der Waals surface area contributed by atoms with Crippen molar-refractivity contribution in [3.05, 3.63) is 34.7 Å². The number of pyridine rings is 1. The van der Waals surface area contributed by atoms with E-state index in [2.05, 4.69) is 18.7 Å². The van der Waals surface area contributed by atoms with E-state index in [1.54, 1.807) is 16.8 Å². The number of amides is 1. The summed E-state index contributed by atoms with van der Waals surface area (Å²) >= 11 is 0. The maximum Gasteiger partial charge on any atom is 0.250 e. The molecule has 1 aliphatic rings. The molecule has 0 spiro atoms. The fourth-order valence-corrected chi connectivity index (χ4v) is 3.16. The Kier molecular flexibility index (Phi) is 6.22. The maximum absolute atomic E-state index is 12.5. The number of rotatable bonds is 6. The minimum absolute atomic E-state index is 0.0368. The zero-order chi connectivity index (χ0) is 15.9. The van der Waals surface area contributed by atoms with Crippen molar-refractivity contribution in [3.63, 3.8) is 0 Å². The van der Waals surface area contributed by atoms with Crippen molar-refractivity contribution < 1.29 is 4.79 Å². The lowest BCUT2D eigenvalue weighted by Gasteiger charge is -2.36. The molecule has 1 aromatic rings. The Balaban J connectivity index is 1.91. The third-order valence-electron chi connectivity index (χ3n) is 4.49. The van der Waals surface area contributed by atoms with Crippen molar-refractivity contribution >= 4 is 5.91 Å². The molecule has 0 aromatic carbocycles. The molecule has 1 atom stereocenters. The zero-order valence-corrected chi connectivity index (χ0v) is 13.8. The molecule has 0 radical (unpaired) electrons. The van der Waals surface area contributed by atoms with Crippen molar-refractivity contribution in [1.82, 2.24) is 9.47 Å². The van der Waals surface area contributed by atoms with Gasteiger partial charge in [0, 0.05) is 37.8 Å². The summed E-state index contributed by atoms with van der Waals surface area (Å²) in [4.78, 5) is 26.3. The number of aryl methyl sites for hydroxylation is 1. The Morgan fingerprint density at radius 3 is 2.86 bits per heavy atom. The second kappa shape index (κ2) is 8.16. The van der Waals surface area contributed by atoms with Gasteiger partial charge in [0.25, 0.3) is 5.56 Å². The molecule has 1 aliphatic heterocycles. The van der Waals surface area contributed by atoms with Gasteiger partial charge < -0.3 is 9.47 Å². The normalized spacial score (nSPS) is 18.7. The van der Waals surface area contributed by atoms with Crippen LogP contribution in [-0.2, 0) is 11.3 Å². The van der Waals surface area contributed by atoms with Gasteiger partial charge in [-0.2, -0.15) is 0 Å². The van der Waals surface area contributed by atoms with Gasteiger partial charge in [0.05, 0.1) is 0 Å². The highest BCUT2D eigenvalue weighted by molar-refractivity contribution is 5.76. The summed E-state index contributed by atoms with van der Waals surface area (Å²) in [6, 6.07) is 5.50. The second-order valence-corrected chi connectivity index (χ2v) is 6.69. The van der Waals surface area contributed by atoms with Crippen LogP contribution in [0, 0.1) is 5.92 Å². The first kappa shape index (κ1) is 16.8. The molecule has 2 heterocycles. The van der Waals surface area contributed by atoms with Crippen molar-refractivity contribution in [2.45, 2.75) is 65.0 Å². The van der Waals surface area contributed by atoms with Gasteiger partial charge in [0.1, 0.15) is 0 Å². The van der Waals surface area contributed by atoms with Gasteiger partial charge >= 0.3 is 0 Å². The monoisotopic (exact) mass is 304 g/mol. The number of hydrogen-bond donors (Lipinski definition) is 0. The highest BCUT2D eigenvalue weighted by Gasteiger charge is 2.26. The molecule has 2 rings (SSSR count). The summed E-state index contributed by atoms with van der Waals surface area (Å²) in [5, 5.41) is 0. The van der Waals surface area contributed by atoms with Crippen LogP contribution < -0.4 is 5.56 Å². The van der Waals surface area contributed by atoms with Crippen LogP contribution in [0.5, 0.6) is 0 Å². The van der Waals surface area contributed by atoms with Crippen molar-refractivity contribution in [2.24, 2.45) is 5.92 Å². The van der Waals surface area contributed by atoms with E-state index < -0.39 is 0 Å². The predicted molar refractivity (Wildman–Crippen MR) is 88.7 cm³/mol. The second-order valence-electron chi connectivity index (χ2n) is 6.69. The van der Waals surface area contributed by atoms with Gasteiger partial charge in [-0.3, -0.25) is 9.59 Å². The van der Waals surface area contributed by atoms with Gasteiger partial charge in [0.2, 0.25) is 5.91 Å². The smallest absolute Gasteiger partial charge is 0.250 e. The number of carbonyl (C=O) groups excluding carboxylic acids is 1. The SMILES string of the molecule is CC(C)CC[C@@H]1CCCCN1C(=O)CCn1ccccc1=O. The van der Waals surface area contributed by atoms with E-state index in [4.69, 9.17) is 0 Å². The summed E-state index contributed by atoms with van der Waals surface area (Å²) in [6.07, 6.45) is 7.91. The molecule has 0 N–H and O–H groups in total. The van der Waals surface area contributed by atoms with E-state index in [1.807, 2.05) is 6.07 Å². The lowest BCUT2D eigenvalue weighted by atomic mass is 9.94. The Hall–Kier alpha value is -1.58. The molecule has 4 heteroatoms. The van der Waals surface area contributed by atoms with Gasteiger partial charge in [-0.25, -0.2) is 0 Å². The van der Waals surface area contributed by atoms with Crippen LogP contribution in [-0.4, -0.2) is 28.0 Å². The van der Waals surface area contributed by atoms with Gasteiger partial charge in [-0.1, -0.05) is 19.9 Å². The quantitative estimate of drug-likeness (QED) is 0.810. The number of hydrogen-bond acceptors (Lipinski definition) is 2. The standard InChI is InChI=1S/C18H28N2O2/c1-15(2)9-10-16-7-3-6-13-20(16)18(22)11-14-19-12-5-4-8-17(19)21/h4-5,8,12,15-16H,3,6-7,9-11,13-14H2,1-2H3/t16-/m0/s1. The third kappa shape index (κ3) is 4.72. The van der Waals surface area contributed by atoms with Crippen LogP contribution in [0.4, 0.5) is 0 Å². The largest absolute Gasteiger partial charge is 0.340 e. The number of likely N-dealkylation sites (tertiary alicyclic amines) is 1. The zero-order valence-electron chi connectivity index (χ0n) is 13.8. The molecule has 1 fully saturated rings. The first-order chi connectivity index (χ1) is 10.6. The van der Waals surface area contributed by atoms with E-state index in [1.165, 1.54) is 18.9 Å². The van der Waals surface area contributed by atoms with Crippen molar-refractivity contribution in [3.8, 4) is 0 Å². The highest BCUT2D eigenvalue weighted by Crippen LogP contribution is 2.23. The molecule has 4 nitrogen and oxygen atoms in total. The molecule has 0 saturated carbocycles. The van der Waals surface area contributed by atoms with E-state index in [0.717, 1.165) is 25.8 Å². The number of nitrogens with zero attached hydrogens (tertiary/aromatic N) is 2. The molecule has 22 heavy (non-hydrogen) atoms. The molecule has 0 unspecified atom stereocenters. The molecule has 1 saturated heterocycles. The summed E-state index contributed by atoms with van der Waals surface area (Å²) in [5.74, 6) is 0.881. The predicted octanol–water partition coefficient (Wildman–Crippen LogP) is 3.06. The molecule has 1 aromatic heterocycles.